The summed E-state index contributed by atoms with van der Waals surface area (Å²) >= 11 is 0.724. The number of hydrogen-bond acceptors (Lipinski definition) is 7. The number of hydrogen-bond donors (Lipinski definition) is 2. The van der Waals surface area contributed by atoms with Crippen LogP contribution in [0.1, 0.15) is 5.56 Å². The lowest BCUT2D eigenvalue weighted by Gasteiger charge is -2.13. The second-order valence-electron chi connectivity index (χ2n) is 6.44. The zero-order chi connectivity index (χ0) is 24.2. The largest absolute Gasteiger partial charge is 0.497 e. The van der Waals surface area contributed by atoms with Crippen LogP contribution in [0.25, 0.3) is 0 Å². The number of aromatic nitrogens is 2. The van der Waals surface area contributed by atoms with Crippen molar-refractivity contribution in [3.8, 4) is 5.75 Å². The average Bonchev–Trinajstić information content (AvgIpc) is 2.77. The monoisotopic (exact) mass is 499 g/mol. The van der Waals surface area contributed by atoms with Gasteiger partial charge in [0.15, 0.2) is 10.1 Å². The van der Waals surface area contributed by atoms with Crippen LogP contribution in [0, 0.1) is 0 Å². The number of benzene rings is 2. The maximum absolute atomic E-state index is 13.0. The molecule has 2 aromatic carbocycles. The molecule has 0 saturated carbocycles. The van der Waals surface area contributed by atoms with Crippen LogP contribution in [0.2, 0.25) is 0 Å². The molecule has 174 valence electrons. The highest BCUT2D eigenvalue weighted by atomic mass is 32.2. The van der Waals surface area contributed by atoms with E-state index in [1.165, 1.54) is 43.5 Å². The molecule has 0 unspecified atom stereocenters. The highest BCUT2D eigenvalue weighted by Gasteiger charge is 2.33. The summed E-state index contributed by atoms with van der Waals surface area (Å²) in [4.78, 5) is 29.8. The molecule has 0 spiro atoms. The molecule has 1 heterocycles. The Kier molecular flexibility index (Phi) is 7.12. The van der Waals surface area contributed by atoms with Gasteiger partial charge in [-0.15, -0.1) is 0 Å². The van der Waals surface area contributed by atoms with Gasteiger partial charge >= 0.3 is 6.18 Å². The number of aromatic amines is 1. The van der Waals surface area contributed by atoms with Crippen LogP contribution in [0.4, 0.5) is 18.9 Å². The summed E-state index contributed by atoms with van der Waals surface area (Å²) in [6, 6.07) is 9.90. The van der Waals surface area contributed by atoms with Crippen molar-refractivity contribution in [1.82, 2.24) is 9.97 Å². The molecule has 1 amide bonds. The van der Waals surface area contributed by atoms with Crippen molar-refractivity contribution in [3.63, 3.8) is 0 Å². The summed E-state index contributed by atoms with van der Waals surface area (Å²) in [5, 5.41) is 2.09. The summed E-state index contributed by atoms with van der Waals surface area (Å²) < 4.78 is 69.4. The predicted molar refractivity (Wildman–Crippen MR) is 114 cm³/mol. The zero-order valence-corrected chi connectivity index (χ0v) is 18.5. The van der Waals surface area contributed by atoms with Crippen LogP contribution in [0.5, 0.6) is 5.75 Å². The van der Waals surface area contributed by atoms with Crippen molar-refractivity contribution in [1.29, 1.82) is 0 Å². The SMILES string of the molecule is COc1ccc(S(=O)(=O)c2cnc(SCC(=O)Nc3ccccc3C(F)(F)F)[nH]c2=O)cc1. The Labute approximate surface area is 190 Å². The number of halogens is 3. The van der Waals surface area contributed by atoms with Gasteiger partial charge in [0.05, 0.1) is 35.2 Å². The summed E-state index contributed by atoms with van der Waals surface area (Å²) in [6.07, 6.45) is -3.79. The van der Waals surface area contributed by atoms with Gasteiger partial charge in [0, 0.05) is 0 Å². The van der Waals surface area contributed by atoms with E-state index < -0.39 is 43.6 Å². The van der Waals surface area contributed by atoms with Gasteiger partial charge in [-0.1, -0.05) is 23.9 Å². The fourth-order valence-electron chi connectivity index (χ4n) is 2.67. The van der Waals surface area contributed by atoms with Crippen molar-refractivity contribution in [2.75, 3.05) is 18.2 Å². The summed E-state index contributed by atoms with van der Waals surface area (Å²) in [5.41, 5.74) is -2.35. The molecular formula is C20H16F3N3O5S2. The first-order valence-corrected chi connectivity index (χ1v) is 11.6. The van der Waals surface area contributed by atoms with E-state index in [4.69, 9.17) is 4.74 Å². The number of nitrogens with zero attached hydrogens (tertiary/aromatic N) is 1. The molecule has 2 N–H and O–H groups in total. The van der Waals surface area contributed by atoms with Crippen molar-refractivity contribution in [3.05, 3.63) is 70.6 Å². The third kappa shape index (κ3) is 5.73. The lowest BCUT2D eigenvalue weighted by Crippen LogP contribution is -2.20. The van der Waals surface area contributed by atoms with E-state index in [-0.39, 0.29) is 15.8 Å². The average molecular weight is 499 g/mol. The Hall–Kier alpha value is -3.32. The van der Waals surface area contributed by atoms with Crippen LogP contribution >= 0.6 is 11.8 Å². The molecule has 13 heteroatoms. The van der Waals surface area contributed by atoms with E-state index in [1.54, 1.807) is 0 Å². The molecule has 0 atom stereocenters. The number of alkyl halides is 3. The van der Waals surface area contributed by atoms with Crippen LogP contribution < -0.4 is 15.6 Å². The van der Waals surface area contributed by atoms with Crippen LogP contribution in [-0.4, -0.2) is 37.2 Å². The number of anilines is 1. The van der Waals surface area contributed by atoms with Crippen LogP contribution in [-0.2, 0) is 20.8 Å². The first kappa shape index (κ1) is 24.3. The Morgan fingerprint density at radius 1 is 1.15 bits per heavy atom. The number of para-hydroxylation sites is 1. The van der Waals surface area contributed by atoms with Crippen molar-refractivity contribution in [2.45, 2.75) is 21.1 Å². The minimum atomic E-state index is -4.64. The van der Waals surface area contributed by atoms with Crippen LogP contribution in [0.3, 0.4) is 0 Å². The van der Waals surface area contributed by atoms with Gasteiger partial charge in [-0.05, 0) is 36.4 Å². The molecule has 0 fully saturated rings. The van der Waals surface area contributed by atoms with Gasteiger partial charge in [-0.3, -0.25) is 9.59 Å². The third-order valence-electron chi connectivity index (χ3n) is 4.25. The molecular weight excluding hydrogens is 483 g/mol. The molecule has 0 saturated heterocycles. The number of ether oxygens (including phenoxy) is 1. The van der Waals surface area contributed by atoms with E-state index in [9.17, 15) is 31.2 Å². The molecule has 0 bridgehead atoms. The van der Waals surface area contributed by atoms with Gasteiger partial charge in [0.1, 0.15) is 5.75 Å². The summed E-state index contributed by atoms with van der Waals surface area (Å²) in [6.45, 7) is 0. The Balaban J connectivity index is 1.71. The van der Waals surface area contributed by atoms with Crippen molar-refractivity contribution in [2.24, 2.45) is 0 Å². The fraction of sp³-hybridized carbons (Fsp3) is 0.150. The molecule has 3 rings (SSSR count). The first-order valence-electron chi connectivity index (χ1n) is 9.09. The summed E-state index contributed by atoms with van der Waals surface area (Å²) in [7, 11) is -2.74. The smallest absolute Gasteiger partial charge is 0.418 e. The van der Waals surface area contributed by atoms with Crippen molar-refractivity contribution < 1.29 is 31.1 Å². The second kappa shape index (κ2) is 9.67. The number of H-pyrrole nitrogens is 1. The Morgan fingerprint density at radius 3 is 2.42 bits per heavy atom. The zero-order valence-electron chi connectivity index (χ0n) is 16.8. The van der Waals surface area contributed by atoms with Crippen molar-refractivity contribution >= 4 is 33.2 Å². The first-order chi connectivity index (χ1) is 15.5. The molecule has 1 aromatic heterocycles. The lowest BCUT2D eigenvalue weighted by molar-refractivity contribution is -0.137. The summed E-state index contributed by atoms with van der Waals surface area (Å²) in [5.74, 6) is -0.710. The van der Waals surface area contributed by atoms with Gasteiger partial charge in [-0.2, -0.15) is 13.2 Å². The molecule has 0 aliphatic heterocycles. The highest BCUT2D eigenvalue weighted by Crippen LogP contribution is 2.34. The minimum Gasteiger partial charge on any atom is -0.497 e. The number of amides is 1. The predicted octanol–water partition coefficient (Wildman–Crippen LogP) is 3.36. The Morgan fingerprint density at radius 2 is 1.82 bits per heavy atom. The lowest BCUT2D eigenvalue weighted by atomic mass is 10.1. The maximum Gasteiger partial charge on any atom is 0.418 e. The number of carbonyl (C=O) groups excluding carboxylic acids is 1. The van der Waals surface area contributed by atoms with E-state index in [0.29, 0.717) is 5.75 Å². The molecule has 8 nitrogen and oxygen atoms in total. The van der Waals surface area contributed by atoms with Gasteiger partial charge in [0.2, 0.25) is 15.7 Å². The number of carbonyl (C=O) groups is 1. The Bertz CT molecular complexity index is 1320. The highest BCUT2D eigenvalue weighted by molar-refractivity contribution is 7.99. The topological polar surface area (TPSA) is 118 Å². The number of rotatable bonds is 7. The normalized spacial score (nSPS) is 11.8. The second-order valence-corrected chi connectivity index (χ2v) is 9.32. The van der Waals surface area contributed by atoms with E-state index in [1.807, 2.05) is 0 Å². The molecule has 0 radical (unpaired) electrons. The molecule has 3 aromatic rings. The quantitative estimate of drug-likeness (QED) is 0.378. The molecule has 0 aliphatic carbocycles. The van der Waals surface area contributed by atoms with Crippen LogP contribution in [0.15, 0.2) is 74.5 Å². The number of sulfone groups is 1. The van der Waals surface area contributed by atoms with E-state index >= 15 is 0 Å². The van der Waals surface area contributed by atoms with E-state index in [0.717, 1.165) is 30.1 Å². The number of nitrogens with one attached hydrogen (secondary N) is 2. The van der Waals surface area contributed by atoms with Gasteiger partial charge in [-0.25, -0.2) is 13.4 Å². The standard InChI is InChI=1S/C20H16F3N3O5S2/c1-31-12-6-8-13(9-7-12)33(29,30)16-10-24-19(26-18(16)28)32-11-17(27)25-15-5-3-2-4-14(15)20(21,22)23/h2-10H,11H2,1H3,(H,25,27)(H,24,26,28). The third-order valence-corrected chi connectivity index (χ3v) is 6.90. The van der Waals surface area contributed by atoms with Gasteiger partial charge < -0.3 is 15.0 Å². The minimum absolute atomic E-state index is 0.0760. The number of thioether (sulfide) groups is 1. The number of methoxy groups -OCH3 is 1. The molecule has 0 aliphatic rings. The fourth-order valence-corrected chi connectivity index (χ4v) is 4.54. The van der Waals surface area contributed by atoms with E-state index in [2.05, 4.69) is 15.3 Å². The maximum atomic E-state index is 13.0. The molecule has 33 heavy (non-hydrogen) atoms. The van der Waals surface area contributed by atoms with Gasteiger partial charge in [0.25, 0.3) is 5.56 Å².